The largest absolute Gasteiger partial charge is 0.467 e. The summed E-state index contributed by atoms with van der Waals surface area (Å²) < 4.78 is 51.5. The van der Waals surface area contributed by atoms with E-state index in [0.29, 0.717) is 35.1 Å². The Morgan fingerprint density at radius 1 is 1.03 bits per heavy atom. The fraction of sp³-hybridized carbons (Fsp3) is 0.231. The van der Waals surface area contributed by atoms with E-state index in [9.17, 15) is 18.0 Å². The van der Waals surface area contributed by atoms with E-state index >= 15 is 0 Å². The number of nitrogens with zero attached hydrogens (tertiary/aromatic N) is 4. The van der Waals surface area contributed by atoms with E-state index in [1.54, 1.807) is 30.7 Å². The third-order valence-corrected chi connectivity index (χ3v) is 6.78. The minimum absolute atomic E-state index is 0.0417. The molecular weight excluding hydrogens is 541 g/mol. The van der Waals surface area contributed by atoms with Gasteiger partial charge in [0.2, 0.25) is 0 Å². The number of methoxy groups -OCH3 is 1. The molecule has 0 saturated heterocycles. The van der Waals surface area contributed by atoms with E-state index in [0.717, 1.165) is 23.3 Å². The van der Waals surface area contributed by atoms with E-state index in [1.165, 1.54) is 24.9 Å². The Morgan fingerprint density at radius 2 is 1.71 bits per heavy atom. The van der Waals surface area contributed by atoms with Crippen LogP contribution in [-0.2, 0) is 26.1 Å². The zero-order chi connectivity index (χ0) is 27.3. The smallest absolute Gasteiger partial charge is 0.417 e. The van der Waals surface area contributed by atoms with Gasteiger partial charge in [-0.15, -0.1) is 0 Å². The second-order valence-corrected chi connectivity index (χ2v) is 9.67. The molecule has 2 aromatic heterocycles. The zero-order valence-corrected chi connectivity index (χ0v) is 21.9. The van der Waals surface area contributed by atoms with Crippen molar-refractivity contribution in [3.8, 4) is 17.5 Å². The molecule has 0 amide bonds. The molecule has 38 heavy (non-hydrogen) atoms. The molecule has 2 aromatic carbocycles. The van der Waals surface area contributed by atoms with E-state index < -0.39 is 11.7 Å². The summed E-state index contributed by atoms with van der Waals surface area (Å²) >= 11 is 7.10. The van der Waals surface area contributed by atoms with Gasteiger partial charge in [-0.1, -0.05) is 35.5 Å². The molecule has 0 saturated carbocycles. The predicted molar refractivity (Wildman–Crippen MR) is 138 cm³/mol. The van der Waals surface area contributed by atoms with Crippen molar-refractivity contribution in [3.63, 3.8) is 0 Å². The van der Waals surface area contributed by atoms with Crippen molar-refractivity contribution >= 4 is 23.4 Å². The molecule has 0 bridgehead atoms. The van der Waals surface area contributed by atoms with Gasteiger partial charge >= 0.3 is 12.2 Å². The van der Waals surface area contributed by atoms with Crippen LogP contribution in [0, 0.1) is 0 Å². The maximum absolute atomic E-state index is 13.1. The summed E-state index contributed by atoms with van der Waals surface area (Å²) in [5.74, 6) is 1.11. The number of benzene rings is 2. The fourth-order valence-corrected chi connectivity index (χ4v) is 4.65. The van der Waals surface area contributed by atoms with Crippen LogP contribution in [0.15, 0.2) is 71.0 Å². The average Bonchev–Trinajstić information content (AvgIpc) is 2.88. The molecular formula is C26H22ClF3N4O3S. The molecule has 4 rings (SSSR count). The number of hydrogen-bond acceptors (Lipinski definition) is 7. The second kappa shape index (κ2) is 11.9. The van der Waals surface area contributed by atoms with E-state index in [2.05, 4.69) is 15.0 Å². The van der Waals surface area contributed by atoms with Gasteiger partial charge in [0, 0.05) is 43.4 Å². The van der Waals surface area contributed by atoms with Crippen molar-refractivity contribution in [1.29, 1.82) is 0 Å². The highest BCUT2D eigenvalue weighted by molar-refractivity contribution is 7.99. The molecule has 198 valence electrons. The third kappa shape index (κ3) is 7.05. The van der Waals surface area contributed by atoms with Gasteiger partial charge in [0.25, 0.3) is 5.56 Å². The first-order valence-corrected chi connectivity index (χ1v) is 12.7. The lowest BCUT2D eigenvalue weighted by Gasteiger charge is -2.12. The topological polar surface area (TPSA) is 79.1 Å². The number of aromatic nitrogens is 4. The van der Waals surface area contributed by atoms with Crippen LogP contribution in [-0.4, -0.2) is 32.4 Å². The van der Waals surface area contributed by atoms with Crippen molar-refractivity contribution in [2.75, 3.05) is 12.9 Å². The number of thioether (sulfide) groups is 1. The molecule has 4 aromatic rings. The monoisotopic (exact) mass is 562 g/mol. The van der Waals surface area contributed by atoms with E-state index in [4.69, 9.17) is 21.1 Å². The molecule has 0 fully saturated rings. The van der Waals surface area contributed by atoms with Crippen LogP contribution in [0.2, 0.25) is 5.02 Å². The van der Waals surface area contributed by atoms with Crippen molar-refractivity contribution < 1.29 is 22.6 Å². The Kier molecular flexibility index (Phi) is 8.58. The van der Waals surface area contributed by atoms with Crippen LogP contribution in [0.5, 0.6) is 17.5 Å². The Bertz CT molecular complexity index is 1460. The number of aryl methyl sites for hydroxylation is 2. The molecule has 0 radical (unpaired) electrons. The average molecular weight is 563 g/mol. The standard InChI is InChI=1S/C26H22ClF3N4O3S/c1-34-15-18(11-17-13-31-24(36-2)32-14-17)23(35)33-25(34)38-10-9-16-3-5-19(6-4-16)37-20-7-8-22(27)21(12-20)26(28,29)30/h3-8,12-15H,9-11H2,1-2H3. The molecule has 0 N–H and O–H groups in total. The third-order valence-electron chi connectivity index (χ3n) is 5.41. The summed E-state index contributed by atoms with van der Waals surface area (Å²) in [5, 5.41) is 0.207. The summed E-state index contributed by atoms with van der Waals surface area (Å²) in [4.78, 5) is 24.9. The lowest BCUT2D eigenvalue weighted by molar-refractivity contribution is -0.137. The Morgan fingerprint density at radius 3 is 2.37 bits per heavy atom. The first-order valence-electron chi connectivity index (χ1n) is 11.3. The van der Waals surface area contributed by atoms with Crippen LogP contribution in [0.3, 0.4) is 0 Å². The Labute approximate surface area is 225 Å². The van der Waals surface area contributed by atoms with E-state index in [1.807, 2.05) is 23.7 Å². The fourth-order valence-electron chi connectivity index (χ4n) is 3.50. The number of rotatable bonds is 9. The SMILES string of the molecule is COc1ncc(Cc2cn(C)c(SCCc3ccc(Oc4ccc(Cl)c(C(F)(F)F)c4)cc3)nc2=O)cn1. The summed E-state index contributed by atoms with van der Waals surface area (Å²) in [6.07, 6.45) is 1.46. The first-order chi connectivity index (χ1) is 18.1. The highest BCUT2D eigenvalue weighted by atomic mass is 35.5. The number of alkyl halides is 3. The van der Waals surface area contributed by atoms with Gasteiger partial charge in [0.1, 0.15) is 11.5 Å². The van der Waals surface area contributed by atoms with Gasteiger partial charge in [-0.2, -0.15) is 18.2 Å². The van der Waals surface area contributed by atoms with Crippen LogP contribution in [0.4, 0.5) is 13.2 Å². The van der Waals surface area contributed by atoms with Crippen molar-refractivity contribution in [2.24, 2.45) is 7.05 Å². The molecule has 0 aliphatic rings. The summed E-state index contributed by atoms with van der Waals surface area (Å²) in [7, 11) is 3.31. The highest BCUT2D eigenvalue weighted by Crippen LogP contribution is 2.37. The van der Waals surface area contributed by atoms with Gasteiger partial charge in [0.15, 0.2) is 5.16 Å². The van der Waals surface area contributed by atoms with Crippen molar-refractivity contribution in [1.82, 2.24) is 19.5 Å². The molecule has 0 unspecified atom stereocenters. The maximum atomic E-state index is 13.1. The van der Waals surface area contributed by atoms with Gasteiger partial charge in [-0.05, 0) is 47.9 Å². The second-order valence-electron chi connectivity index (χ2n) is 8.20. The Hall–Kier alpha value is -3.57. The van der Waals surface area contributed by atoms with Crippen LogP contribution >= 0.6 is 23.4 Å². The summed E-state index contributed by atoms with van der Waals surface area (Å²) in [6.45, 7) is 0. The van der Waals surface area contributed by atoms with E-state index in [-0.39, 0.29) is 22.3 Å². The van der Waals surface area contributed by atoms with Gasteiger partial charge in [0.05, 0.1) is 17.7 Å². The van der Waals surface area contributed by atoms with Gasteiger partial charge < -0.3 is 14.0 Å². The Balaban J connectivity index is 1.33. The lowest BCUT2D eigenvalue weighted by atomic mass is 10.1. The number of ether oxygens (including phenoxy) is 2. The van der Waals surface area contributed by atoms with Crippen LogP contribution < -0.4 is 15.0 Å². The first kappa shape index (κ1) is 27.5. The molecule has 2 heterocycles. The van der Waals surface area contributed by atoms with Crippen LogP contribution in [0.25, 0.3) is 0 Å². The molecule has 0 atom stereocenters. The zero-order valence-electron chi connectivity index (χ0n) is 20.3. The van der Waals surface area contributed by atoms with Crippen molar-refractivity contribution in [2.45, 2.75) is 24.2 Å². The van der Waals surface area contributed by atoms with Crippen LogP contribution in [0.1, 0.15) is 22.3 Å². The van der Waals surface area contributed by atoms with Gasteiger partial charge in [-0.25, -0.2) is 9.97 Å². The summed E-state index contributed by atoms with van der Waals surface area (Å²) in [5.41, 5.74) is 1.05. The molecule has 0 spiro atoms. The maximum Gasteiger partial charge on any atom is 0.417 e. The minimum Gasteiger partial charge on any atom is -0.467 e. The van der Waals surface area contributed by atoms with Gasteiger partial charge in [-0.3, -0.25) is 4.79 Å². The number of halogens is 4. The normalized spacial score (nSPS) is 11.4. The molecule has 0 aliphatic heterocycles. The quantitative estimate of drug-likeness (QED) is 0.184. The molecule has 0 aliphatic carbocycles. The predicted octanol–water partition coefficient (Wildman–Crippen LogP) is 5.97. The number of hydrogen-bond donors (Lipinski definition) is 0. The summed E-state index contributed by atoms with van der Waals surface area (Å²) in [6, 6.07) is 10.7. The molecule has 7 nitrogen and oxygen atoms in total. The molecule has 12 heteroatoms. The minimum atomic E-state index is -4.57. The highest BCUT2D eigenvalue weighted by Gasteiger charge is 2.33. The lowest BCUT2D eigenvalue weighted by Crippen LogP contribution is -2.18. The van der Waals surface area contributed by atoms with Crippen molar-refractivity contribution in [3.05, 3.63) is 98.7 Å².